The summed E-state index contributed by atoms with van der Waals surface area (Å²) >= 11 is 0. The Kier molecular flexibility index (Phi) is 5.57. The van der Waals surface area contributed by atoms with Crippen LogP contribution in [0.2, 0.25) is 0 Å². The van der Waals surface area contributed by atoms with Gasteiger partial charge in [-0.3, -0.25) is 9.69 Å². The number of hydrogen-bond acceptors (Lipinski definition) is 4. The summed E-state index contributed by atoms with van der Waals surface area (Å²) < 4.78 is 19.2. The Bertz CT molecular complexity index is 1260. The van der Waals surface area contributed by atoms with Crippen LogP contribution < -0.4 is 4.74 Å². The van der Waals surface area contributed by atoms with Gasteiger partial charge in [-0.05, 0) is 74.2 Å². The van der Waals surface area contributed by atoms with Crippen LogP contribution in [0.4, 0.5) is 4.39 Å². The normalized spacial score (nSPS) is 21.9. The number of halogens is 1. The minimum Gasteiger partial charge on any atom is -0.497 e. The average molecular weight is 478 g/mol. The van der Waals surface area contributed by atoms with Gasteiger partial charge in [0.05, 0.1) is 19.8 Å². The van der Waals surface area contributed by atoms with Crippen LogP contribution in [0, 0.1) is 11.7 Å². The second kappa shape index (κ2) is 8.64. The van der Waals surface area contributed by atoms with Gasteiger partial charge in [0.25, 0.3) is 0 Å². The third-order valence-corrected chi connectivity index (χ3v) is 8.24. The molecule has 0 radical (unpaired) electrons. The largest absolute Gasteiger partial charge is 0.497 e. The number of ether oxygens (including phenoxy) is 1. The molecular weight excluding hydrogens is 445 g/mol. The number of fused-ring (bicyclic) bond motifs is 4. The fourth-order valence-corrected chi connectivity index (χ4v) is 6.24. The summed E-state index contributed by atoms with van der Waals surface area (Å²) in [6.45, 7) is 2.99. The molecular formula is C28H32FN3O3. The molecule has 2 N–H and O–H groups in total. The highest BCUT2D eigenvalue weighted by molar-refractivity contribution is 5.89. The van der Waals surface area contributed by atoms with E-state index in [4.69, 9.17) is 4.74 Å². The van der Waals surface area contributed by atoms with Crippen molar-refractivity contribution < 1.29 is 19.0 Å². The SMILES string of the molecule is COc1ccc2c3c([nH]c2c1)[C@@H](CO)N(C(=O)C1CC1)CC31CCN(Cc2cccc(F)c2)CC1. The van der Waals surface area contributed by atoms with E-state index >= 15 is 0 Å². The number of rotatable bonds is 5. The van der Waals surface area contributed by atoms with E-state index in [2.05, 4.69) is 16.0 Å². The molecule has 184 valence electrons. The Hall–Kier alpha value is -2.90. The number of piperidine rings is 1. The minimum absolute atomic E-state index is 0.0974. The monoisotopic (exact) mass is 477 g/mol. The Morgan fingerprint density at radius 1 is 1.20 bits per heavy atom. The number of aliphatic hydroxyl groups excluding tert-OH is 1. The molecule has 0 bridgehead atoms. The minimum atomic E-state index is -0.354. The maximum atomic E-state index is 13.7. The number of nitrogens with zero attached hydrogens (tertiary/aromatic N) is 2. The van der Waals surface area contributed by atoms with E-state index in [1.807, 2.05) is 23.1 Å². The molecule has 1 spiro atoms. The van der Waals surface area contributed by atoms with Crippen LogP contribution in [0.5, 0.6) is 5.75 Å². The number of benzene rings is 2. The number of H-pyrrole nitrogens is 1. The number of nitrogens with one attached hydrogen (secondary N) is 1. The number of hydrogen-bond donors (Lipinski definition) is 2. The van der Waals surface area contributed by atoms with Gasteiger partial charge in [0.15, 0.2) is 0 Å². The number of likely N-dealkylation sites (tertiary alicyclic amines) is 1. The first-order valence-electron chi connectivity index (χ1n) is 12.6. The lowest BCUT2D eigenvalue weighted by molar-refractivity contribution is -0.138. The van der Waals surface area contributed by atoms with Crippen LogP contribution in [0.25, 0.3) is 10.9 Å². The first-order chi connectivity index (χ1) is 17.0. The molecule has 2 fully saturated rings. The third kappa shape index (κ3) is 3.91. The zero-order chi connectivity index (χ0) is 24.2. The molecule has 2 aromatic carbocycles. The Morgan fingerprint density at radius 3 is 2.69 bits per heavy atom. The van der Waals surface area contributed by atoms with Crippen LogP contribution in [-0.2, 0) is 16.8 Å². The van der Waals surface area contributed by atoms with Gasteiger partial charge < -0.3 is 19.7 Å². The topological polar surface area (TPSA) is 68.8 Å². The van der Waals surface area contributed by atoms with Crippen molar-refractivity contribution in [1.82, 2.24) is 14.8 Å². The second-order valence-electron chi connectivity index (χ2n) is 10.5. The van der Waals surface area contributed by atoms with E-state index in [0.717, 1.165) is 73.2 Å². The van der Waals surface area contributed by atoms with Gasteiger partial charge in [-0.15, -0.1) is 0 Å². The van der Waals surface area contributed by atoms with E-state index in [1.54, 1.807) is 19.2 Å². The number of aliphatic hydroxyl groups is 1. The van der Waals surface area contributed by atoms with Gasteiger partial charge in [-0.25, -0.2) is 4.39 Å². The first kappa shape index (κ1) is 22.6. The van der Waals surface area contributed by atoms with Gasteiger partial charge in [0.2, 0.25) is 5.91 Å². The van der Waals surface area contributed by atoms with Gasteiger partial charge in [-0.1, -0.05) is 12.1 Å². The predicted octanol–water partition coefficient (Wildman–Crippen LogP) is 4.14. The molecule has 35 heavy (non-hydrogen) atoms. The first-order valence-corrected chi connectivity index (χ1v) is 12.6. The number of methoxy groups -OCH3 is 1. The Morgan fingerprint density at radius 2 is 2.00 bits per heavy atom. The highest BCUT2D eigenvalue weighted by Gasteiger charge is 2.50. The summed E-state index contributed by atoms with van der Waals surface area (Å²) in [5.74, 6) is 0.848. The number of carbonyl (C=O) groups excluding carboxylic acids is 1. The predicted molar refractivity (Wildman–Crippen MR) is 132 cm³/mol. The third-order valence-electron chi connectivity index (χ3n) is 8.24. The quantitative estimate of drug-likeness (QED) is 0.580. The van der Waals surface area contributed by atoms with Crippen molar-refractivity contribution in [2.24, 2.45) is 5.92 Å². The maximum Gasteiger partial charge on any atom is 0.226 e. The fourth-order valence-electron chi connectivity index (χ4n) is 6.24. The summed E-state index contributed by atoms with van der Waals surface area (Å²) in [7, 11) is 1.66. The molecule has 1 saturated heterocycles. The van der Waals surface area contributed by atoms with Crippen molar-refractivity contribution in [3.05, 3.63) is 65.1 Å². The summed E-state index contributed by atoms with van der Waals surface area (Å²) in [6.07, 6.45) is 3.69. The van der Waals surface area contributed by atoms with Gasteiger partial charge in [0.1, 0.15) is 11.6 Å². The van der Waals surface area contributed by atoms with Crippen molar-refractivity contribution >= 4 is 16.8 Å². The molecule has 1 aliphatic carbocycles. The van der Waals surface area contributed by atoms with Gasteiger partial charge in [0, 0.05) is 47.1 Å². The van der Waals surface area contributed by atoms with Crippen LogP contribution in [0.15, 0.2) is 42.5 Å². The molecule has 3 heterocycles. The molecule has 1 aromatic heterocycles. The molecule has 3 aromatic rings. The van der Waals surface area contributed by atoms with Crippen molar-refractivity contribution in [1.29, 1.82) is 0 Å². The molecule has 6 nitrogen and oxygen atoms in total. The lowest BCUT2D eigenvalue weighted by atomic mass is 9.68. The molecule has 1 atom stereocenters. The lowest BCUT2D eigenvalue weighted by Gasteiger charge is -2.50. The van der Waals surface area contributed by atoms with Crippen molar-refractivity contribution in [3.63, 3.8) is 0 Å². The van der Waals surface area contributed by atoms with Crippen molar-refractivity contribution in [3.8, 4) is 5.75 Å². The molecule has 6 rings (SSSR count). The number of aromatic nitrogens is 1. The molecule has 1 amide bonds. The molecule has 3 aliphatic rings. The van der Waals surface area contributed by atoms with E-state index in [9.17, 15) is 14.3 Å². The van der Waals surface area contributed by atoms with Gasteiger partial charge in [-0.2, -0.15) is 0 Å². The average Bonchev–Trinajstić information content (AvgIpc) is 3.64. The number of aromatic amines is 1. The van der Waals surface area contributed by atoms with E-state index in [-0.39, 0.29) is 35.7 Å². The zero-order valence-electron chi connectivity index (χ0n) is 20.1. The Labute approximate surface area is 204 Å². The second-order valence-corrected chi connectivity index (χ2v) is 10.5. The van der Waals surface area contributed by atoms with Gasteiger partial charge >= 0.3 is 0 Å². The highest BCUT2D eigenvalue weighted by Crippen LogP contribution is 2.50. The maximum absolute atomic E-state index is 13.7. The van der Waals surface area contributed by atoms with E-state index < -0.39 is 0 Å². The van der Waals surface area contributed by atoms with Crippen LogP contribution in [-0.4, -0.2) is 59.1 Å². The number of amides is 1. The lowest BCUT2D eigenvalue weighted by Crippen LogP contribution is -2.55. The van der Waals surface area contributed by atoms with E-state index in [0.29, 0.717) is 6.54 Å². The Balaban J connectivity index is 1.37. The van der Waals surface area contributed by atoms with Crippen molar-refractivity contribution in [2.75, 3.05) is 33.4 Å². The molecule has 7 heteroatoms. The van der Waals surface area contributed by atoms with Crippen molar-refractivity contribution in [2.45, 2.75) is 43.7 Å². The smallest absolute Gasteiger partial charge is 0.226 e. The highest BCUT2D eigenvalue weighted by atomic mass is 19.1. The van der Waals surface area contributed by atoms with Crippen LogP contribution >= 0.6 is 0 Å². The fraction of sp³-hybridized carbons (Fsp3) is 0.464. The summed E-state index contributed by atoms with van der Waals surface area (Å²) in [5, 5.41) is 11.6. The summed E-state index contributed by atoms with van der Waals surface area (Å²) in [5.41, 5.74) is 4.00. The van der Waals surface area contributed by atoms with E-state index in [1.165, 1.54) is 11.6 Å². The molecule has 2 aliphatic heterocycles. The molecule has 1 saturated carbocycles. The van der Waals surface area contributed by atoms with Crippen LogP contribution in [0.3, 0.4) is 0 Å². The van der Waals surface area contributed by atoms with Crippen LogP contribution in [0.1, 0.15) is 48.5 Å². The zero-order valence-corrected chi connectivity index (χ0v) is 20.1. The summed E-state index contributed by atoms with van der Waals surface area (Å²) in [6, 6.07) is 12.6. The molecule has 0 unspecified atom stereocenters. The number of carbonyl (C=O) groups is 1. The standard InChI is InChI=1S/C28H32FN3O3/c1-35-21-7-8-22-23(14-21)30-26-24(16-33)32(27(34)19-5-6-19)17-28(25(22)26)9-11-31(12-10-28)15-18-3-2-4-20(29)13-18/h2-4,7-8,13-14,19,24,30,33H,5-6,9-12,15-17H2,1H3/t24-/m1/s1. The summed E-state index contributed by atoms with van der Waals surface area (Å²) in [4.78, 5) is 21.3.